The SMILES string of the molecule is Cc1ccc(Cn2c(-c3cccnc3C)nc3c2c(=O)n(CCCOC2CCCCO2)c(=O)n3C)cc1. The molecule has 1 aromatic carbocycles. The van der Waals surface area contributed by atoms with E-state index in [0.717, 1.165) is 41.6 Å². The minimum Gasteiger partial charge on any atom is -0.353 e. The molecule has 4 heterocycles. The number of aromatic nitrogens is 5. The number of imidazole rings is 1. The first-order chi connectivity index (χ1) is 17.9. The van der Waals surface area contributed by atoms with E-state index in [1.165, 1.54) is 9.13 Å². The highest BCUT2D eigenvalue weighted by Gasteiger charge is 2.22. The van der Waals surface area contributed by atoms with Crippen LogP contribution in [0.15, 0.2) is 52.2 Å². The van der Waals surface area contributed by atoms with Crippen LogP contribution in [-0.2, 0) is 29.6 Å². The van der Waals surface area contributed by atoms with Gasteiger partial charge in [-0.15, -0.1) is 0 Å². The second kappa shape index (κ2) is 10.8. The largest absolute Gasteiger partial charge is 0.353 e. The van der Waals surface area contributed by atoms with Gasteiger partial charge in [0.25, 0.3) is 5.56 Å². The van der Waals surface area contributed by atoms with Crippen LogP contribution in [0.1, 0.15) is 42.5 Å². The normalized spacial score (nSPS) is 15.9. The van der Waals surface area contributed by atoms with Crippen molar-refractivity contribution in [1.29, 1.82) is 0 Å². The quantitative estimate of drug-likeness (QED) is 0.342. The molecule has 0 radical (unpaired) electrons. The van der Waals surface area contributed by atoms with Crippen molar-refractivity contribution in [2.75, 3.05) is 13.2 Å². The van der Waals surface area contributed by atoms with E-state index in [1.54, 1.807) is 13.2 Å². The van der Waals surface area contributed by atoms with Crippen LogP contribution >= 0.6 is 0 Å². The van der Waals surface area contributed by atoms with Crippen molar-refractivity contribution < 1.29 is 9.47 Å². The zero-order valence-corrected chi connectivity index (χ0v) is 21.6. The number of ether oxygens (including phenoxy) is 2. The molecule has 0 aliphatic carbocycles. The van der Waals surface area contributed by atoms with Crippen molar-refractivity contribution in [3.8, 4) is 11.4 Å². The van der Waals surface area contributed by atoms with Gasteiger partial charge in [-0.1, -0.05) is 29.8 Å². The van der Waals surface area contributed by atoms with E-state index in [2.05, 4.69) is 4.98 Å². The predicted octanol–water partition coefficient (Wildman–Crippen LogP) is 3.56. The Labute approximate surface area is 215 Å². The molecule has 1 unspecified atom stereocenters. The number of nitrogens with zero attached hydrogens (tertiary/aromatic N) is 5. The average Bonchev–Trinajstić information content (AvgIpc) is 3.28. The van der Waals surface area contributed by atoms with Gasteiger partial charge in [0.2, 0.25) is 0 Å². The highest BCUT2D eigenvalue weighted by molar-refractivity contribution is 5.77. The van der Waals surface area contributed by atoms with Crippen molar-refractivity contribution in [3.05, 3.63) is 80.3 Å². The maximum Gasteiger partial charge on any atom is 0.332 e. The molecule has 1 fully saturated rings. The van der Waals surface area contributed by atoms with Crippen LogP contribution in [0.5, 0.6) is 0 Å². The molecule has 37 heavy (non-hydrogen) atoms. The fraction of sp³-hybridized carbons (Fsp3) is 0.429. The van der Waals surface area contributed by atoms with Gasteiger partial charge in [-0.2, -0.15) is 0 Å². The van der Waals surface area contributed by atoms with E-state index in [4.69, 9.17) is 14.5 Å². The number of aryl methyl sites for hydroxylation is 3. The van der Waals surface area contributed by atoms with E-state index in [-0.39, 0.29) is 24.1 Å². The zero-order valence-electron chi connectivity index (χ0n) is 21.6. The van der Waals surface area contributed by atoms with Gasteiger partial charge in [0.15, 0.2) is 17.5 Å². The van der Waals surface area contributed by atoms with Crippen molar-refractivity contribution >= 4 is 11.2 Å². The van der Waals surface area contributed by atoms with E-state index >= 15 is 0 Å². The molecule has 4 aromatic rings. The maximum absolute atomic E-state index is 13.8. The summed E-state index contributed by atoms with van der Waals surface area (Å²) in [4.78, 5) is 36.3. The van der Waals surface area contributed by atoms with Gasteiger partial charge in [-0.25, -0.2) is 9.78 Å². The lowest BCUT2D eigenvalue weighted by molar-refractivity contribution is -0.163. The first-order valence-electron chi connectivity index (χ1n) is 12.8. The Hall–Kier alpha value is -3.56. The Morgan fingerprint density at radius 2 is 1.89 bits per heavy atom. The highest BCUT2D eigenvalue weighted by atomic mass is 16.7. The highest BCUT2D eigenvalue weighted by Crippen LogP contribution is 2.25. The molecule has 1 aliphatic heterocycles. The third-order valence-corrected chi connectivity index (χ3v) is 6.91. The summed E-state index contributed by atoms with van der Waals surface area (Å²) in [5.41, 5.74) is 3.85. The van der Waals surface area contributed by atoms with Crippen LogP contribution in [0.2, 0.25) is 0 Å². The summed E-state index contributed by atoms with van der Waals surface area (Å²) >= 11 is 0. The molecule has 0 spiro atoms. The number of hydrogen-bond acceptors (Lipinski definition) is 6. The molecule has 0 saturated carbocycles. The fourth-order valence-electron chi connectivity index (χ4n) is 4.81. The molecular weight excluding hydrogens is 470 g/mol. The van der Waals surface area contributed by atoms with Crippen molar-refractivity contribution in [2.45, 2.75) is 58.9 Å². The van der Waals surface area contributed by atoms with Gasteiger partial charge in [-0.05, 0) is 57.2 Å². The Kier molecular flexibility index (Phi) is 7.34. The van der Waals surface area contributed by atoms with Gasteiger partial charge >= 0.3 is 5.69 Å². The second-order valence-corrected chi connectivity index (χ2v) is 9.63. The van der Waals surface area contributed by atoms with Crippen molar-refractivity contribution in [1.82, 2.24) is 23.7 Å². The molecule has 0 amide bonds. The van der Waals surface area contributed by atoms with Crippen LogP contribution in [-0.4, -0.2) is 43.2 Å². The standard InChI is InChI=1S/C28H33N5O4/c1-19-10-12-21(13-11-19)18-33-24-26(30-25(33)22-8-6-14-29-20(22)2)31(3)28(35)32(27(24)34)15-7-17-37-23-9-4-5-16-36-23/h6,8,10-14,23H,4-5,7,9,15-18H2,1-3H3. The van der Waals surface area contributed by atoms with Gasteiger partial charge in [0.1, 0.15) is 5.82 Å². The lowest BCUT2D eigenvalue weighted by Gasteiger charge is -2.22. The summed E-state index contributed by atoms with van der Waals surface area (Å²) in [5, 5.41) is 0. The van der Waals surface area contributed by atoms with Gasteiger partial charge < -0.3 is 14.0 Å². The third-order valence-electron chi connectivity index (χ3n) is 6.91. The van der Waals surface area contributed by atoms with E-state index in [9.17, 15) is 9.59 Å². The number of rotatable bonds is 8. The Morgan fingerprint density at radius 3 is 2.62 bits per heavy atom. The summed E-state index contributed by atoms with van der Waals surface area (Å²) in [7, 11) is 1.66. The lowest BCUT2D eigenvalue weighted by atomic mass is 10.1. The van der Waals surface area contributed by atoms with Crippen molar-refractivity contribution in [2.24, 2.45) is 7.05 Å². The predicted molar refractivity (Wildman–Crippen MR) is 142 cm³/mol. The smallest absolute Gasteiger partial charge is 0.332 e. The molecule has 9 heteroatoms. The summed E-state index contributed by atoms with van der Waals surface area (Å²) in [6.45, 7) is 5.78. The van der Waals surface area contributed by atoms with Crippen LogP contribution in [0, 0.1) is 13.8 Å². The third kappa shape index (κ3) is 5.14. The van der Waals surface area contributed by atoms with Crippen LogP contribution in [0.4, 0.5) is 0 Å². The molecule has 0 N–H and O–H groups in total. The number of benzene rings is 1. The topological polar surface area (TPSA) is 93.2 Å². The molecule has 1 aliphatic rings. The molecule has 3 aromatic heterocycles. The summed E-state index contributed by atoms with van der Waals surface area (Å²) in [6.07, 6.45) is 5.09. The number of hydrogen-bond donors (Lipinski definition) is 0. The van der Waals surface area contributed by atoms with Crippen LogP contribution in [0.3, 0.4) is 0 Å². The minimum absolute atomic E-state index is 0.197. The van der Waals surface area contributed by atoms with Gasteiger partial charge in [-0.3, -0.25) is 18.9 Å². The molecule has 194 valence electrons. The Balaban J connectivity index is 1.55. The summed E-state index contributed by atoms with van der Waals surface area (Å²) in [5.74, 6) is 0.615. The Bertz CT molecular complexity index is 1510. The zero-order chi connectivity index (χ0) is 25.9. The van der Waals surface area contributed by atoms with E-state index in [0.29, 0.717) is 43.2 Å². The maximum atomic E-state index is 13.8. The Morgan fingerprint density at radius 1 is 1.08 bits per heavy atom. The average molecular weight is 504 g/mol. The molecule has 1 atom stereocenters. The van der Waals surface area contributed by atoms with Crippen LogP contribution < -0.4 is 11.2 Å². The monoisotopic (exact) mass is 503 g/mol. The molecule has 9 nitrogen and oxygen atoms in total. The molecule has 0 bridgehead atoms. The summed E-state index contributed by atoms with van der Waals surface area (Å²) in [6, 6.07) is 12.0. The van der Waals surface area contributed by atoms with Crippen molar-refractivity contribution in [3.63, 3.8) is 0 Å². The second-order valence-electron chi connectivity index (χ2n) is 9.63. The fourth-order valence-corrected chi connectivity index (χ4v) is 4.81. The molecule has 1 saturated heterocycles. The van der Waals surface area contributed by atoms with Crippen LogP contribution in [0.25, 0.3) is 22.6 Å². The number of fused-ring (bicyclic) bond motifs is 1. The first kappa shape index (κ1) is 25.1. The lowest BCUT2D eigenvalue weighted by Crippen LogP contribution is -2.40. The molecular formula is C28H33N5O4. The van der Waals surface area contributed by atoms with E-state index < -0.39 is 0 Å². The van der Waals surface area contributed by atoms with Gasteiger partial charge in [0, 0.05) is 44.2 Å². The number of pyridine rings is 1. The first-order valence-corrected chi connectivity index (χ1v) is 12.8. The molecule has 5 rings (SSSR count). The summed E-state index contributed by atoms with van der Waals surface area (Å²) < 4.78 is 16.1. The minimum atomic E-state index is -0.388. The van der Waals surface area contributed by atoms with Gasteiger partial charge in [0.05, 0.1) is 6.61 Å². The van der Waals surface area contributed by atoms with E-state index in [1.807, 2.05) is 54.8 Å².